The van der Waals surface area contributed by atoms with Crippen LogP contribution in [0.2, 0.25) is 0 Å². The predicted molar refractivity (Wildman–Crippen MR) is 107 cm³/mol. The molecule has 2 aromatic heterocycles. The molecule has 148 valence electrons. The number of aldehydes is 1. The van der Waals surface area contributed by atoms with Crippen molar-refractivity contribution < 1.29 is 9.59 Å². The van der Waals surface area contributed by atoms with E-state index < -0.39 is 17.5 Å². The van der Waals surface area contributed by atoms with E-state index in [1.165, 1.54) is 7.05 Å². The Balaban J connectivity index is 0.00000136. The van der Waals surface area contributed by atoms with Gasteiger partial charge in [-0.3, -0.25) is 19.7 Å². The smallest absolute Gasteiger partial charge is 0.267 e. The van der Waals surface area contributed by atoms with Crippen LogP contribution in [0.25, 0.3) is 10.9 Å². The number of amides is 1. The second kappa shape index (κ2) is 9.28. The van der Waals surface area contributed by atoms with Crippen LogP contribution in [-0.4, -0.2) is 45.4 Å². The molecule has 0 radical (unpaired) electrons. The molecule has 1 aromatic carbocycles. The van der Waals surface area contributed by atoms with Crippen molar-refractivity contribution in [3.05, 3.63) is 40.3 Å². The van der Waals surface area contributed by atoms with E-state index >= 15 is 0 Å². The van der Waals surface area contributed by atoms with Crippen LogP contribution in [0.1, 0.15) is 23.7 Å². The lowest BCUT2D eigenvalue weighted by Gasteiger charge is -2.14. The van der Waals surface area contributed by atoms with Crippen LogP contribution >= 0.6 is 0 Å². The summed E-state index contributed by atoms with van der Waals surface area (Å²) in [7, 11) is 1.50. The molecule has 0 spiro atoms. The van der Waals surface area contributed by atoms with Gasteiger partial charge in [0, 0.05) is 11.1 Å². The lowest BCUT2D eigenvalue weighted by Crippen LogP contribution is -2.29. The van der Waals surface area contributed by atoms with Gasteiger partial charge in [0.1, 0.15) is 11.8 Å². The summed E-state index contributed by atoms with van der Waals surface area (Å²) in [5.74, 6) is -0.870. The van der Waals surface area contributed by atoms with Gasteiger partial charge in [-0.05, 0) is 31.7 Å². The molecule has 11 heteroatoms. The quantitative estimate of drug-likeness (QED) is 0.316. The van der Waals surface area contributed by atoms with Gasteiger partial charge < -0.3 is 26.9 Å². The molecule has 0 aliphatic heterocycles. The number of primary amides is 1. The third-order valence-electron chi connectivity index (χ3n) is 3.80. The lowest BCUT2D eigenvalue weighted by atomic mass is 10.2. The second-order valence-electron chi connectivity index (χ2n) is 5.59. The minimum absolute atomic E-state index is 0.0108. The van der Waals surface area contributed by atoms with Crippen molar-refractivity contribution in [1.82, 2.24) is 20.2 Å². The Morgan fingerprint density at radius 1 is 1.36 bits per heavy atom. The predicted octanol–water partition coefficient (Wildman–Crippen LogP) is 0.453. The summed E-state index contributed by atoms with van der Waals surface area (Å²) >= 11 is 0. The Labute approximate surface area is 159 Å². The number of anilines is 3. The lowest BCUT2D eigenvalue weighted by molar-refractivity contribution is -0.108. The molecular formula is C17H22N8O3. The summed E-state index contributed by atoms with van der Waals surface area (Å²) in [5, 5.41) is 13.4. The maximum absolute atomic E-state index is 12.2. The second-order valence-corrected chi connectivity index (χ2v) is 5.59. The number of hydrogen-bond acceptors (Lipinski definition) is 8. The zero-order valence-electron chi connectivity index (χ0n) is 15.4. The van der Waals surface area contributed by atoms with E-state index in [1.54, 1.807) is 25.3 Å². The summed E-state index contributed by atoms with van der Waals surface area (Å²) in [6.07, 6.45) is 2.89. The molecule has 1 atom stereocenters. The van der Waals surface area contributed by atoms with Gasteiger partial charge in [-0.25, -0.2) is 0 Å². The van der Waals surface area contributed by atoms with Gasteiger partial charge in [0.15, 0.2) is 5.82 Å². The maximum Gasteiger partial charge on any atom is 0.267 e. The fourth-order valence-corrected chi connectivity index (χ4v) is 2.42. The summed E-state index contributed by atoms with van der Waals surface area (Å²) in [6, 6.07) is 4.80. The number of carbonyl (C=O) groups excluding carboxylic acids is 2. The van der Waals surface area contributed by atoms with Gasteiger partial charge >= 0.3 is 0 Å². The van der Waals surface area contributed by atoms with Crippen LogP contribution in [-0.2, 0) is 4.79 Å². The standard InChI is InChI=1S/C16H17N7O3.CH5N/c1-2-9(7-24)20-16-21-14(12(13(17)25)15(26)22-16)19-10-4-3-8-6-18-23-11(8)5-10;1-2/h3-7,9H,2H2,1H3,(H2,17,25)(H,18,23)(H3,19,20,21,22,26);2H2,1H3. The Bertz CT molecular complexity index is 1030. The molecule has 0 bridgehead atoms. The topological polar surface area (TPSA) is 185 Å². The van der Waals surface area contributed by atoms with E-state index in [0.717, 1.165) is 10.9 Å². The summed E-state index contributed by atoms with van der Waals surface area (Å²) in [4.78, 5) is 41.5. The van der Waals surface area contributed by atoms with Gasteiger partial charge in [0.05, 0.1) is 17.8 Å². The number of aromatic nitrogens is 4. The van der Waals surface area contributed by atoms with Gasteiger partial charge in [-0.1, -0.05) is 6.92 Å². The van der Waals surface area contributed by atoms with E-state index in [0.29, 0.717) is 18.4 Å². The van der Waals surface area contributed by atoms with Crippen molar-refractivity contribution in [2.75, 3.05) is 17.7 Å². The van der Waals surface area contributed by atoms with Crippen molar-refractivity contribution in [1.29, 1.82) is 0 Å². The molecule has 0 fully saturated rings. The Morgan fingerprint density at radius 3 is 2.75 bits per heavy atom. The number of aromatic amines is 2. The number of hydrogen-bond donors (Lipinski definition) is 6. The first kappa shape index (κ1) is 20.6. The molecule has 28 heavy (non-hydrogen) atoms. The highest BCUT2D eigenvalue weighted by Crippen LogP contribution is 2.21. The fourth-order valence-electron chi connectivity index (χ4n) is 2.42. The molecular weight excluding hydrogens is 364 g/mol. The molecule has 3 aromatic rings. The van der Waals surface area contributed by atoms with Crippen molar-refractivity contribution >= 4 is 40.5 Å². The normalized spacial score (nSPS) is 11.2. The molecule has 11 nitrogen and oxygen atoms in total. The van der Waals surface area contributed by atoms with E-state index in [-0.39, 0.29) is 17.3 Å². The van der Waals surface area contributed by atoms with Crippen LogP contribution < -0.4 is 27.7 Å². The number of rotatable bonds is 7. The third-order valence-corrected chi connectivity index (χ3v) is 3.80. The summed E-state index contributed by atoms with van der Waals surface area (Å²) in [6.45, 7) is 1.81. The van der Waals surface area contributed by atoms with Gasteiger partial charge in [0.2, 0.25) is 5.95 Å². The first-order chi connectivity index (χ1) is 13.5. The highest BCUT2D eigenvalue weighted by molar-refractivity contribution is 5.98. The van der Waals surface area contributed by atoms with Gasteiger partial charge in [-0.2, -0.15) is 10.1 Å². The van der Waals surface area contributed by atoms with Crippen LogP contribution in [0, 0.1) is 0 Å². The zero-order chi connectivity index (χ0) is 20.7. The number of benzene rings is 1. The van der Waals surface area contributed by atoms with Crippen molar-refractivity contribution in [3.8, 4) is 0 Å². The van der Waals surface area contributed by atoms with Crippen LogP contribution in [0.3, 0.4) is 0 Å². The number of carbonyl (C=O) groups is 2. The van der Waals surface area contributed by atoms with Gasteiger partial charge in [0.25, 0.3) is 11.5 Å². The average Bonchev–Trinajstić information content (AvgIpc) is 3.15. The highest BCUT2D eigenvalue weighted by atomic mass is 16.2. The molecule has 0 saturated carbocycles. The Kier molecular flexibility index (Phi) is 6.82. The molecule has 8 N–H and O–H groups in total. The molecule has 3 rings (SSSR count). The molecule has 0 saturated heterocycles. The van der Waals surface area contributed by atoms with E-state index in [9.17, 15) is 14.4 Å². The SMILES string of the molecule is CCC(C=O)Nc1nc(Nc2ccc3cn[nH]c3c2)c(C(N)=O)c(=O)[nH]1.CN. The first-order valence-electron chi connectivity index (χ1n) is 8.45. The first-order valence-corrected chi connectivity index (χ1v) is 8.45. The summed E-state index contributed by atoms with van der Waals surface area (Å²) in [5.41, 5.74) is 10.2. The van der Waals surface area contributed by atoms with Gasteiger partial charge in [-0.15, -0.1) is 0 Å². The maximum atomic E-state index is 12.2. The number of nitrogens with zero attached hydrogens (tertiary/aromatic N) is 2. The van der Waals surface area contributed by atoms with Crippen molar-refractivity contribution in [3.63, 3.8) is 0 Å². The van der Waals surface area contributed by atoms with E-state index in [1.807, 2.05) is 6.07 Å². The van der Waals surface area contributed by atoms with Crippen molar-refractivity contribution in [2.45, 2.75) is 19.4 Å². The highest BCUT2D eigenvalue weighted by Gasteiger charge is 2.18. The number of fused-ring (bicyclic) bond motifs is 1. The Morgan fingerprint density at radius 2 is 2.11 bits per heavy atom. The summed E-state index contributed by atoms with van der Waals surface area (Å²) < 4.78 is 0. The third kappa shape index (κ3) is 4.51. The fraction of sp³-hybridized carbons (Fsp3) is 0.235. The number of nitrogens with two attached hydrogens (primary N) is 2. The Hall–Kier alpha value is -3.73. The van der Waals surface area contributed by atoms with Crippen LogP contribution in [0.4, 0.5) is 17.5 Å². The largest absolute Gasteiger partial charge is 0.365 e. The zero-order valence-corrected chi connectivity index (χ0v) is 15.4. The average molecular weight is 386 g/mol. The minimum Gasteiger partial charge on any atom is -0.365 e. The van der Waals surface area contributed by atoms with Crippen LogP contribution in [0.15, 0.2) is 29.2 Å². The molecule has 0 aliphatic carbocycles. The van der Waals surface area contributed by atoms with Crippen LogP contribution in [0.5, 0.6) is 0 Å². The minimum atomic E-state index is -0.919. The molecule has 0 aliphatic rings. The number of H-pyrrole nitrogens is 2. The molecule has 1 amide bonds. The van der Waals surface area contributed by atoms with E-state index in [2.05, 4.69) is 36.5 Å². The van der Waals surface area contributed by atoms with Crippen molar-refractivity contribution in [2.24, 2.45) is 11.5 Å². The monoisotopic (exact) mass is 386 g/mol. The molecule has 2 heterocycles. The number of nitrogens with one attached hydrogen (secondary N) is 4. The van der Waals surface area contributed by atoms with E-state index in [4.69, 9.17) is 5.73 Å². The molecule has 1 unspecified atom stereocenters.